The van der Waals surface area contributed by atoms with E-state index in [9.17, 15) is 0 Å². The molecule has 0 aromatic rings. The summed E-state index contributed by atoms with van der Waals surface area (Å²) >= 11 is 1.63. The van der Waals surface area contributed by atoms with Gasteiger partial charge in [0, 0.05) is 11.3 Å². The Kier molecular flexibility index (Phi) is 1.39. The largest absolute Gasteiger partial charge is 0.401 e. The molecule has 0 spiro atoms. The summed E-state index contributed by atoms with van der Waals surface area (Å²) in [6.45, 7) is 0. The van der Waals surface area contributed by atoms with Gasteiger partial charge >= 0.3 is 0 Å². The van der Waals surface area contributed by atoms with Crippen LogP contribution in [0.2, 0.25) is 0 Å². The van der Waals surface area contributed by atoms with Gasteiger partial charge in [0.2, 0.25) is 0 Å². The zero-order valence-corrected chi connectivity index (χ0v) is 5.96. The highest BCUT2D eigenvalue weighted by Gasteiger charge is 2.19. The second-order valence-corrected chi connectivity index (χ2v) is 3.20. The highest BCUT2D eigenvalue weighted by atomic mass is 32.2. The van der Waals surface area contributed by atoms with Crippen LogP contribution < -0.4 is 4.89 Å². The van der Waals surface area contributed by atoms with Gasteiger partial charge in [0.1, 0.15) is 5.76 Å². The molecule has 0 fully saturated rings. The standard InChI is InChI=1S/C6H9NOS/c1-2-4-6-5(3-1)8-7-9-6/h7H,1-4H2. The second-order valence-electron chi connectivity index (χ2n) is 2.34. The monoisotopic (exact) mass is 143 g/mol. The first kappa shape index (κ1) is 5.62. The van der Waals surface area contributed by atoms with Gasteiger partial charge < -0.3 is 4.84 Å². The molecule has 0 radical (unpaired) electrons. The summed E-state index contributed by atoms with van der Waals surface area (Å²) in [6, 6.07) is 0. The Bertz CT molecular complexity index is 139. The van der Waals surface area contributed by atoms with Gasteiger partial charge in [-0.05, 0) is 31.2 Å². The van der Waals surface area contributed by atoms with Gasteiger partial charge in [-0.3, -0.25) is 0 Å². The van der Waals surface area contributed by atoms with Crippen LogP contribution in [0.5, 0.6) is 0 Å². The van der Waals surface area contributed by atoms with Crippen molar-refractivity contribution < 1.29 is 4.84 Å². The van der Waals surface area contributed by atoms with Crippen LogP contribution >= 0.6 is 11.9 Å². The van der Waals surface area contributed by atoms with E-state index in [4.69, 9.17) is 4.84 Å². The molecule has 1 aliphatic carbocycles. The van der Waals surface area contributed by atoms with Gasteiger partial charge in [-0.2, -0.15) is 0 Å². The first-order valence-corrected chi connectivity index (χ1v) is 4.09. The minimum atomic E-state index is 1.13. The van der Waals surface area contributed by atoms with Crippen molar-refractivity contribution in [1.82, 2.24) is 4.89 Å². The van der Waals surface area contributed by atoms with Crippen molar-refractivity contribution >= 4 is 11.9 Å². The van der Waals surface area contributed by atoms with E-state index >= 15 is 0 Å². The zero-order valence-electron chi connectivity index (χ0n) is 5.14. The summed E-state index contributed by atoms with van der Waals surface area (Å²) in [5, 5.41) is 0. The summed E-state index contributed by atoms with van der Waals surface area (Å²) in [5.74, 6) is 1.19. The van der Waals surface area contributed by atoms with Crippen LogP contribution in [-0.4, -0.2) is 0 Å². The quantitative estimate of drug-likeness (QED) is 0.524. The minimum Gasteiger partial charge on any atom is -0.401 e. The molecule has 0 atom stereocenters. The van der Waals surface area contributed by atoms with Crippen LogP contribution in [-0.2, 0) is 4.84 Å². The lowest BCUT2D eigenvalue weighted by Gasteiger charge is -2.08. The highest BCUT2D eigenvalue weighted by molar-refractivity contribution is 8.01. The molecule has 3 heteroatoms. The van der Waals surface area contributed by atoms with Crippen LogP contribution in [0.1, 0.15) is 25.7 Å². The smallest absolute Gasteiger partial charge is 0.136 e. The van der Waals surface area contributed by atoms with Gasteiger partial charge in [-0.25, -0.2) is 0 Å². The van der Waals surface area contributed by atoms with Crippen LogP contribution in [0.3, 0.4) is 0 Å². The summed E-state index contributed by atoms with van der Waals surface area (Å²) < 4.78 is 0. The van der Waals surface area contributed by atoms with Crippen molar-refractivity contribution in [1.29, 1.82) is 0 Å². The fraction of sp³-hybridized carbons (Fsp3) is 0.667. The molecule has 1 heterocycles. The van der Waals surface area contributed by atoms with Crippen molar-refractivity contribution in [2.45, 2.75) is 25.7 Å². The van der Waals surface area contributed by atoms with Crippen LogP contribution in [0.15, 0.2) is 10.7 Å². The Hall–Kier alpha value is -0.150. The Labute approximate surface area is 58.7 Å². The molecular weight excluding hydrogens is 134 g/mol. The number of allylic oxidation sites excluding steroid dienone is 2. The Morgan fingerprint density at radius 3 is 3.11 bits per heavy atom. The van der Waals surface area contributed by atoms with Crippen LogP contribution in [0.4, 0.5) is 0 Å². The average Bonchev–Trinajstić information content (AvgIpc) is 2.33. The van der Waals surface area contributed by atoms with E-state index in [0.29, 0.717) is 0 Å². The van der Waals surface area contributed by atoms with E-state index in [2.05, 4.69) is 4.89 Å². The van der Waals surface area contributed by atoms with Crippen molar-refractivity contribution in [2.75, 3.05) is 0 Å². The maximum Gasteiger partial charge on any atom is 0.136 e. The highest BCUT2D eigenvalue weighted by Crippen LogP contribution is 2.35. The van der Waals surface area contributed by atoms with Gasteiger partial charge in [0.15, 0.2) is 0 Å². The maximum atomic E-state index is 5.15. The molecule has 50 valence electrons. The zero-order chi connectivity index (χ0) is 6.10. The third-order valence-corrected chi connectivity index (χ3v) is 2.54. The molecule has 0 aromatic carbocycles. The molecule has 1 aliphatic heterocycles. The first-order chi connectivity index (χ1) is 4.47. The third kappa shape index (κ3) is 0.946. The molecule has 2 rings (SSSR count). The molecular formula is C6H9NOS. The second kappa shape index (κ2) is 2.23. The molecule has 2 aliphatic rings. The molecule has 1 N–H and O–H groups in total. The van der Waals surface area contributed by atoms with Gasteiger partial charge in [-0.1, -0.05) is 4.89 Å². The van der Waals surface area contributed by atoms with Gasteiger partial charge in [0.25, 0.3) is 0 Å². The van der Waals surface area contributed by atoms with Crippen LogP contribution in [0.25, 0.3) is 0 Å². The van der Waals surface area contributed by atoms with E-state index < -0.39 is 0 Å². The van der Waals surface area contributed by atoms with E-state index in [1.165, 1.54) is 29.9 Å². The SMILES string of the molecule is C1CCC2=C(C1)ONS2. The number of nitrogens with one attached hydrogen (secondary N) is 1. The Balaban J connectivity index is 2.17. The first-order valence-electron chi connectivity index (χ1n) is 3.27. The van der Waals surface area contributed by atoms with Gasteiger partial charge in [0.05, 0.1) is 0 Å². The van der Waals surface area contributed by atoms with Crippen LogP contribution in [0, 0.1) is 0 Å². The predicted molar refractivity (Wildman–Crippen MR) is 37.3 cm³/mol. The molecule has 0 saturated heterocycles. The predicted octanol–water partition coefficient (Wildman–Crippen LogP) is 1.96. The van der Waals surface area contributed by atoms with E-state index in [0.717, 1.165) is 6.42 Å². The lowest BCUT2D eigenvalue weighted by Crippen LogP contribution is -1.97. The van der Waals surface area contributed by atoms with Crippen molar-refractivity contribution in [3.63, 3.8) is 0 Å². The minimum absolute atomic E-state index is 1.13. The normalized spacial score (nSPS) is 25.8. The fourth-order valence-corrected chi connectivity index (χ4v) is 1.93. The lowest BCUT2D eigenvalue weighted by molar-refractivity contribution is 0.172. The van der Waals surface area contributed by atoms with Crippen molar-refractivity contribution in [3.8, 4) is 0 Å². The van der Waals surface area contributed by atoms with Crippen molar-refractivity contribution in [3.05, 3.63) is 10.7 Å². The molecule has 0 bridgehead atoms. The van der Waals surface area contributed by atoms with Crippen molar-refractivity contribution in [2.24, 2.45) is 0 Å². The Morgan fingerprint density at radius 1 is 1.33 bits per heavy atom. The summed E-state index contributed by atoms with van der Waals surface area (Å²) in [7, 11) is 0. The fourth-order valence-electron chi connectivity index (χ4n) is 1.19. The maximum absolute atomic E-state index is 5.15. The summed E-state index contributed by atoms with van der Waals surface area (Å²) in [6.07, 6.45) is 4.97. The molecule has 0 amide bonds. The third-order valence-electron chi connectivity index (χ3n) is 1.70. The number of hydrogen-bond acceptors (Lipinski definition) is 3. The van der Waals surface area contributed by atoms with E-state index in [1.54, 1.807) is 11.9 Å². The molecule has 9 heavy (non-hydrogen) atoms. The number of hydrogen-bond donors (Lipinski definition) is 1. The molecule has 0 unspecified atom stereocenters. The molecule has 2 nitrogen and oxygen atoms in total. The molecule has 0 aromatic heterocycles. The summed E-state index contributed by atoms with van der Waals surface area (Å²) in [4.78, 5) is 9.37. The van der Waals surface area contributed by atoms with Gasteiger partial charge in [-0.15, -0.1) is 0 Å². The summed E-state index contributed by atoms with van der Waals surface area (Å²) in [5.41, 5.74) is 0. The number of rotatable bonds is 0. The lowest BCUT2D eigenvalue weighted by atomic mass is 10.1. The average molecular weight is 143 g/mol. The van der Waals surface area contributed by atoms with E-state index in [1.807, 2.05) is 0 Å². The molecule has 0 saturated carbocycles. The topological polar surface area (TPSA) is 21.3 Å². The van der Waals surface area contributed by atoms with E-state index in [-0.39, 0.29) is 0 Å². The Morgan fingerprint density at radius 2 is 2.22 bits per heavy atom.